The van der Waals surface area contributed by atoms with Gasteiger partial charge in [0.15, 0.2) is 0 Å². The Balaban J connectivity index is 1.48. The van der Waals surface area contributed by atoms with Crippen LogP contribution in [0, 0.1) is 35.5 Å². The standard InChI is InChI=1S/C19H29NO5/c21-17(16-14(18(22)23)8-9-15(16)19(24)25)20-10-13-7-6-12(13)5-4-11-2-1-3-11/h11-16H,1-10H2,(H,20,21)(H,22,23)(H,24,25). The zero-order valence-corrected chi connectivity index (χ0v) is 14.7. The predicted octanol–water partition coefficient (Wildman–Crippen LogP) is 2.52. The summed E-state index contributed by atoms with van der Waals surface area (Å²) in [6.07, 6.45) is 9.45. The number of hydrogen-bond acceptors (Lipinski definition) is 3. The van der Waals surface area contributed by atoms with E-state index in [1.807, 2.05) is 0 Å². The minimum atomic E-state index is -1.06. The molecule has 3 saturated carbocycles. The lowest BCUT2D eigenvalue weighted by Crippen LogP contribution is -2.44. The quantitative estimate of drug-likeness (QED) is 0.623. The second-order valence-corrected chi connectivity index (χ2v) is 8.21. The molecule has 4 unspecified atom stereocenters. The Hall–Kier alpha value is -1.59. The van der Waals surface area contributed by atoms with Gasteiger partial charge >= 0.3 is 11.9 Å². The first kappa shape index (κ1) is 18.2. The molecule has 3 rings (SSSR count). The van der Waals surface area contributed by atoms with Gasteiger partial charge in [-0.2, -0.15) is 0 Å². The van der Waals surface area contributed by atoms with Crippen LogP contribution in [0.1, 0.15) is 57.8 Å². The van der Waals surface area contributed by atoms with Crippen molar-refractivity contribution in [3.63, 3.8) is 0 Å². The normalized spacial score (nSPS) is 34.8. The van der Waals surface area contributed by atoms with Gasteiger partial charge in [0.05, 0.1) is 17.8 Å². The van der Waals surface area contributed by atoms with Crippen LogP contribution in [0.5, 0.6) is 0 Å². The van der Waals surface area contributed by atoms with Crippen molar-refractivity contribution in [3.8, 4) is 0 Å². The Morgan fingerprint density at radius 3 is 1.84 bits per heavy atom. The van der Waals surface area contributed by atoms with Crippen LogP contribution in [0.15, 0.2) is 0 Å². The Kier molecular flexibility index (Phi) is 5.64. The van der Waals surface area contributed by atoms with Crippen molar-refractivity contribution in [2.24, 2.45) is 35.5 Å². The summed E-state index contributed by atoms with van der Waals surface area (Å²) in [6, 6.07) is 0. The number of aliphatic carboxylic acids is 2. The molecule has 3 N–H and O–H groups in total. The molecule has 4 atom stereocenters. The molecule has 25 heavy (non-hydrogen) atoms. The van der Waals surface area contributed by atoms with Gasteiger partial charge in [-0.05, 0) is 49.9 Å². The van der Waals surface area contributed by atoms with Gasteiger partial charge in [-0.3, -0.25) is 14.4 Å². The van der Waals surface area contributed by atoms with Gasteiger partial charge in [-0.1, -0.05) is 25.7 Å². The van der Waals surface area contributed by atoms with E-state index in [9.17, 15) is 24.6 Å². The molecule has 0 heterocycles. The van der Waals surface area contributed by atoms with E-state index in [0.29, 0.717) is 18.4 Å². The third kappa shape index (κ3) is 3.98. The largest absolute Gasteiger partial charge is 0.481 e. The summed E-state index contributed by atoms with van der Waals surface area (Å²) in [5.41, 5.74) is 0. The fourth-order valence-electron chi connectivity index (χ4n) is 4.79. The second kappa shape index (κ2) is 7.75. The number of carboxylic acids is 2. The van der Waals surface area contributed by atoms with Crippen molar-refractivity contribution in [1.82, 2.24) is 5.32 Å². The lowest BCUT2D eigenvalue weighted by atomic mass is 9.69. The lowest BCUT2D eigenvalue weighted by Gasteiger charge is -2.39. The van der Waals surface area contributed by atoms with Crippen molar-refractivity contribution in [2.45, 2.75) is 57.8 Å². The first-order valence-corrected chi connectivity index (χ1v) is 9.70. The maximum Gasteiger partial charge on any atom is 0.307 e. The number of rotatable bonds is 8. The van der Waals surface area contributed by atoms with E-state index in [4.69, 9.17) is 0 Å². The molecule has 0 spiro atoms. The molecule has 3 fully saturated rings. The van der Waals surface area contributed by atoms with Gasteiger partial charge in [0.2, 0.25) is 5.91 Å². The van der Waals surface area contributed by atoms with Crippen molar-refractivity contribution >= 4 is 17.8 Å². The number of carboxylic acid groups (broad SMARTS) is 2. The predicted molar refractivity (Wildman–Crippen MR) is 90.8 cm³/mol. The molecule has 0 aromatic rings. The molecule has 0 radical (unpaired) electrons. The van der Waals surface area contributed by atoms with Gasteiger partial charge in [0.25, 0.3) is 0 Å². The van der Waals surface area contributed by atoms with Crippen LogP contribution in [-0.4, -0.2) is 34.6 Å². The zero-order valence-electron chi connectivity index (χ0n) is 14.7. The zero-order chi connectivity index (χ0) is 18.0. The summed E-state index contributed by atoms with van der Waals surface area (Å²) < 4.78 is 0. The molecule has 140 valence electrons. The van der Waals surface area contributed by atoms with E-state index in [1.54, 1.807) is 0 Å². The SMILES string of the molecule is O=C(O)C1CCC(C(=O)O)C1C(=O)NCC1CCC1CCC1CCC1. The second-order valence-electron chi connectivity index (χ2n) is 8.21. The Morgan fingerprint density at radius 1 is 0.800 bits per heavy atom. The summed E-state index contributed by atoms with van der Waals surface area (Å²) >= 11 is 0. The first-order valence-electron chi connectivity index (χ1n) is 9.70. The molecule has 6 heteroatoms. The van der Waals surface area contributed by atoms with Crippen molar-refractivity contribution in [1.29, 1.82) is 0 Å². The maximum absolute atomic E-state index is 12.5. The number of amides is 1. The molecular formula is C19H29NO5. The van der Waals surface area contributed by atoms with Crippen LogP contribution in [0.4, 0.5) is 0 Å². The number of carbonyl (C=O) groups is 3. The van der Waals surface area contributed by atoms with Crippen molar-refractivity contribution < 1.29 is 24.6 Å². The first-order chi connectivity index (χ1) is 12.0. The fourth-order valence-corrected chi connectivity index (χ4v) is 4.79. The molecule has 0 aromatic heterocycles. The van der Waals surface area contributed by atoms with Crippen molar-refractivity contribution in [3.05, 3.63) is 0 Å². The van der Waals surface area contributed by atoms with Crippen LogP contribution >= 0.6 is 0 Å². The van der Waals surface area contributed by atoms with Crippen molar-refractivity contribution in [2.75, 3.05) is 6.54 Å². The highest BCUT2D eigenvalue weighted by Crippen LogP contribution is 2.41. The molecule has 0 aliphatic heterocycles. The van der Waals surface area contributed by atoms with E-state index in [1.165, 1.54) is 38.5 Å². The smallest absolute Gasteiger partial charge is 0.307 e. The van der Waals surface area contributed by atoms with Gasteiger partial charge in [0, 0.05) is 6.54 Å². The van der Waals surface area contributed by atoms with Gasteiger partial charge in [-0.15, -0.1) is 0 Å². The van der Waals surface area contributed by atoms with Crippen LogP contribution in [0.2, 0.25) is 0 Å². The molecule has 3 aliphatic rings. The molecule has 0 saturated heterocycles. The van der Waals surface area contributed by atoms with Crippen LogP contribution in [0.3, 0.4) is 0 Å². The van der Waals surface area contributed by atoms with Gasteiger partial charge < -0.3 is 15.5 Å². The number of hydrogen-bond donors (Lipinski definition) is 3. The van der Waals surface area contributed by atoms with E-state index in [2.05, 4.69) is 5.32 Å². The Morgan fingerprint density at radius 2 is 1.40 bits per heavy atom. The molecule has 0 aromatic carbocycles. The molecular weight excluding hydrogens is 322 g/mol. The lowest BCUT2D eigenvalue weighted by molar-refractivity contribution is -0.151. The highest BCUT2D eigenvalue weighted by molar-refractivity contribution is 5.90. The van der Waals surface area contributed by atoms with E-state index in [0.717, 1.165) is 12.3 Å². The number of nitrogens with one attached hydrogen (secondary N) is 1. The minimum Gasteiger partial charge on any atom is -0.481 e. The summed E-state index contributed by atoms with van der Waals surface area (Å²) in [4.78, 5) is 35.2. The molecule has 6 nitrogen and oxygen atoms in total. The fraction of sp³-hybridized carbons (Fsp3) is 0.842. The molecule has 1 amide bonds. The summed E-state index contributed by atoms with van der Waals surface area (Å²) in [7, 11) is 0. The molecule has 3 aliphatic carbocycles. The highest BCUT2D eigenvalue weighted by Gasteiger charge is 2.48. The third-order valence-electron chi connectivity index (χ3n) is 6.88. The van der Waals surface area contributed by atoms with E-state index >= 15 is 0 Å². The highest BCUT2D eigenvalue weighted by atomic mass is 16.4. The summed E-state index contributed by atoms with van der Waals surface area (Å²) in [5, 5.41) is 21.4. The van der Waals surface area contributed by atoms with E-state index < -0.39 is 29.7 Å². The summed E-state index contributed by atoms with van der Waals surface area (Å²) in [6.45, 7) is 0.559. The van der Waals surface area contributed by atoms with Gasteiger partial charge in [-0.25, -0.2) is 0 Å². The molecule has 0 bridgehead atoms. The third-order valence-corrected chi connectivity index (χ3v) is 6.88. The minimum absolute atomic E-state index is 0.262. The Bertz CT molecular complexity index is 508. The van der Waals surface area contributed by atoms with Crippen LogP contribution in [0.25, 0.3) is 0 Å². The average Bonchev–Trinajstić information content (AvgIpc) is 2.93. The van der Waals surface area contributed by atoms with Crippen LogP contribution in [-0.2, 0) is 14.4 Å². The monoisotopic (exact) mass is 351 g/mol. The van der Waals surface area contributed by atoms with E-state index in [-0.39, 0.29) is 18.7 Å². The average molecular weight is 351 g/mol. The summed E-state index contributed by atoms with van der Waals surface area (Å²) in [5.74, 6) is -3.18. The number of carbonyl (C=O) groups excluding carboxylic acids is 1. The topological polar surface area (TPSA) is 104 Å². The van der Waals surface area contributed by atoms with Crippen LogP contribution < -0.4 is 5.32 Å². The Labute approximate surface area is 148 Å². The van der Waals surface area contributed by atoms with Gasteiger partial charge in [0.1, 0.15) is 0 Å². The maximum atomic E-state index is 12.5.